The minimum absolute atomic E-state index is 0.206. The Labute approximate surface area is 121 Å². The maximum atomic E-state index is 12.9. The third-order valence-electron chi connectivity index (χ3n) is 4.58. The van der Waals surface area contributed by atoms with Crippen molar-refractivity contribution in [1.29, 1.82) is 0 Å². The molecule has 1 saturated carbocycles. The molecule has 0 aromatic heterocycles. The highest BCUT2D eigenvalue weighted by molar-refractivity contribution is 4.85. The van der Waals surface area contributed by atoms with E-state index in [-0.39, 0.29) is 12.0 Å². The average molecular weight is 293 g/mol. The SMILES string of the molecule is CCCCCCC(NCC)C1CCCC(C(F)(F)F)C1. The van der Waals surface area contributed by atoms with Crippen LogP contribution in [0.3, 0.4) is 0 Å². The Hall–Kier alpha value is -0.250. The van der Waals surface area contributed by atoms with Gasteiger partial charge in [-0.1, -0.05) is 46.0 Å². The van der Waals surface area contributed by atoms with Gasteiger partial charge in [-0.2, -0.15) is 13.2 Å². The smallest absolute Gasteiger partial charge is 0.314 e. The third kappa shape index (κ3) is 6.02. The van der Waals surface area contributed by atoms with Crippen LogP contribution in [0.5, 0.6) is 0 Å². The van der Waals surface area contributed by atoms with Gasteiger partial charge in [-0.15, -0.1) is 0 Å². The largest absolute Gasteiger partial charge is 0.391 e. The molecule has 0 bridgehead atoms. The lowest BCUT2D eigenvalue weighted by molar-refractivity contribution is -0.186. The first-order valence-electron chi connectivity index (χ1n) is 8.29. The lowest BCUT2D eigenvalue weighted by atomic mass is 9.76. The Bertz CT molecular complexity index is 253. The molecule has 0 aliphatic heterocycles. The summed E-state index contributed by atoms with van der Waals surface area (Å²) in [5, 5.41) is 3.43. The molecule has 1 aliphatic carbocycles. The molecule has 1 rings (SSSR count). The molecule has 0 aromatic rings. The Balaban J connectivity index is 2.48. The van der Waals surface area contributed by atoms with Gasteiger partial charge in [0.1, 0.15) is 0 Å². The highest BCUT2D eigenvalue weighted by Gasteiger charge is 2.43. The minimum atomic E-state index is -4.00. The topological polar surface area (TPSA) is 12.0 Å². The van der Waals surface area contributed by atoms with E-state index in [2.05, 4.69) is 12.2 Å². The number of halogens is 3. The Kier molecular flexibility index (Phi) is 7.93. The van der Waals surface area contributed by atoms with Crippen molar-refractivity contribution in [2.24, 2.45) is 11.8 Å². The Morgan fingerprint density at radius 3 is 2.45 bits per heavy atom. The molecule has 0 radical (unpaired) electrons. The zero-order valence-electron chi connectivity index (χ0n) is 12.9. The summed E-state index contributed by atoms with van der Waals surface area (Å²) in [4.78, 5) is 0. The molecule has 4 heteroatoms. The molecule has 1 nitrogen and oxygen atoms in total. The van der Waals surface area contributed by atoms with E-state index in [4.69, 9.17) is 0 Å². The first-order valence-corrected chi connectivity index (χ1v) is 8.29. The molecule has 120 valence electrons. The summed E-state index contributed by atoms with van der Waals surface area (Å²) >= 11 is 0. The highest BCUT2D eigenvalue weighted by Crippen LogP contribution is 2.41. The van der Waals surface area contributed by atoms with Crippen molar-refractivity contribution in [3.8, 4) is 0 Å². The Morgan fingerprint density at radius 1 is 1.10 bits per heavy atom. The molecule has 0 aromatic carbocycles. The van der Waals surface area contributed by atoms with Crippen molar-refractivity contribution in [2.45, 2.75) is 83.9 Å². The molecule has 3 unspecified atom stereocenters. The van der Waals surface area contributed by atoms with Crippen LogP contribution in [0.4, 0.5) is 13.2 Å². The van der Waals surface area contributed by atoms with Gasteiger partial charge >= 0.3 is 6.18 Å². The third-order valence-corrected chi connectivity index (χ3v) is 4.58. The monoisotopic (exact) mass is 293 g/mol. The van der Waals surface area contributed by atoms with Crippen molar-refractivity contribution in [1.82, 2.24) is 5.32 Å². The predicted molar refractivity (Wildman–Crippen MR) is 77.7 cm³/mol. The molecule has 3 atom stereocenters. The van der Waals surface area contributed by atoms with Gasteiger partial charge in [0.25, 0.3) is 0 Å². The molecule has 1 aliphatic rings. The number of alkyl halides is 3. The van der Waals surface area contributed by atoms with Gasteiger partial charge in [0.05, 0.1) is 5.92 Å². The number of hydrogen-bond donors (Lipinski definition) is 1. The fraction of sp³-hybridized carbons (Fsp3) is 1.00. The average Bonchev–Trinajstić information content (AvgIpc) is 2.41. The van der Waals surface area contributed by atoms with Crippen LogP contribution in [-0.4, -0.2) is 18.8 Å². The van der Waals surface area contributed by atoms with Crippen LogP contribution in [0.1, 0.15) is 71.6 Å². The number of rotatable bonds is 8. The second-order valence-corrected chi connectivity index (χ2v) is 6.18. The highest BCUT2D eigenvalue weighted by atomic mass is 19.4. The van der Waals surface area contributed by atoms with E-state index in [9.17, 15) is 13.2 Å². The predicted octanol–water partition coefficient (Wildman–Crippen LogP) is 5.30. The molecule has 1 fully saturated rings. The molecule has 1 N–H and O–H groups in total. The molecule has 0 amide bonds. The number of hydrogen-bond acceptors (Lipinski definition) is 1. The van der Waals surface area contributed by atoms with Crippen molar-refractivity contribution < 1.29 is 13.2 Å². The van der Waals surface area contributed by atoms with Crippen LogP contribution < -0.4 is 5.32 Å². The molecule has 0 saturated heterocycles. The van der Waals surface area contributed by atoms with Gasteiger partial charge < -0.3 is 5.32 Å². The first kappa shape index (κ1) is 17.8. The maximum absolute atomic E-state index is 12.9. The standard InChI is InChI=1S/C16H30F3N/c1-3-5-6-7-11-15(20-4-2)13-9-8-10-14(12-13)16(17,18)19/h13-15,20H,3-12H2,1-2H3. The van der Waals surface area contributed by atoms with Crippen LogP contribution in [0.2, 0.25) is 0 Å². The quantitative estimate of drug-likeness (QED) is 0.598. The van der Waals surface area contributed by atoms with Crippen LogP contribution in [0, 0.1) is 11.8 Å². The Morgan fingerprint density at radius 2 is 1.85 bits per heavy atom. The zero-order chi connectivity index (χ0) is 15.0. The van der Waals surface area contributed by atoms with Crippen molar-refractivity contribution in [3.05, 3.63) is 0 Å². The summed E-state index contributed by atoms with van der Waals surface area (Å²) in [5.41, 5.74) is 0. The number of unbranched alkanes of at least 4 members (excludes halogenated alkanes) is 3. The lowest BCUT2D eigenvalue weighted by Gasteiger charge is -2.36. The minimum Gasteiger partial charge on any atom is -0.314 e. The van der Waals surface area contributed by atoms with Gasteiger partial charge in [-0.25, -0.2) is 0 Å². The van der Waals surface area contributed by atoms with E-state index in [0.717, 1.165) is 32.2 Å². The summed E-state index contributed by atoms with van der Waals surface area (Å²) < 4.78 is 38.7. The van der Waals surface area contributed by atoms with Gasteiger partial charge in [-0.05, 0) is 38.1 Å². The molecule has 20 heavy (non-hydrogen) atoms. The van der Waals surface area contributed by atoms with Crippen LogP contribution >= 0.6 is 0 Å². The van der Waals surface area contributed by atoms with E-state index in [1.165, 1.54) is 19.3 Å². The summed E-state index contributed by atoms with van der Waals surface area (Å²) in [6, 6.07) is 0.280. The molecule has 0 spiro atoms. The molecular weight excluding hydrogens is 263 g/mol. The van der Waals surface area contributed by atoms with Crippen molar-refractivity contribution in [2.75, 3.05) is 6.54 Å². The van der Waals surface area contributed by atoms with Gasteiger partial charge in [0.15, 0.2) is 0 Å². The van der Waals surface area contributed by atoms with Crippen molar-refractivity contribution >= 4 is 0 Å². The normalized spacial score (nSPS) is 25.6. The molecular formula is C16H30F3N. The zero-order valence-corrected chi connectivity index (χ0v) is 12.9. The maximum Gasteiger partial charge on any atom is 0.391 e. The number of nitrogens with one attached hydrogen (secondary N) is 1. The van der Waals surface area contributed by atoms with Gasteiger partial charge in [0, 0.05) is 6.04 Å². The first-order chi connectivity index (χ1) is 9.49. The summed E-state index contributed by atoms with van der Waals surface area (Å²) in [5.74, 6) is -0.866. The van der Waals surface area contributed by atoms with E-state index < -0.39 is 12.1 Å². The van der Waals surface area contributed by atoms with Gasteiger partial charge in [-0.3, -0.25) is 0 Å². The van der Waals surface area contributed by atoms with E-state index in [0.29, 0.717) is 12.8 Å². The summed E-state index contributed by atoms with van der Waals surface area (Å²) in [6.45, 7) is 5.07. The summed E-state index contributed by atoms with van der Waals surface area (Å²) in [7, 11) is 0. The van der Waals surface area contributed by atoms with Crippen molar-refractivity contribution in [3.63, 3.8) is 0 Å². The van der Waals surface area contributed by atoms with E-state index in [1.54, 1.807) is 0 Å². The van der Waals surface area contributed by atoms with Crippen LogP contribution in [0.15, 0.2) is 0 Å². The van der Waals surface area contributed by atoms with E-state index in [1.807, 2.05) is 6.92 Å². The van der Waals surface area contributed by atoms with E-state index >= 15 is 0 Å². The second-order valence-electron chi connectivity index (χ2n) is 6.18. The summed E-state index contributed by atoms with van der Waals surface area (Å²) in [6.07, 6.45) is 4.14. The lowest BCUT2D eigenvalue weighted by Crippen LogP contribution is -2.40. The fourth-order valence-electron chi connectivity index (χ4n) is 3.45. The van der Waals surface area contributed by atoms with Gasteiger partial charge in [0.2, 0.25) is 0 Å². The fourth-order valence-corrected chi connectivity index (χ4v) is 3.45. The van der Waals surface area contributed by atoms with Crippen LogP contribution in [-0.2, 0) is 0 Å². The second kappa shape index (κ2) is 8.91. The van der Waals surface area contributed by atoms with Crippen LogP contribution in [0.25, 0.3) is 0 Å². The molecule has 0 heterocycles.